The average molecular weight is 166 g/mol. The number of aryl methyl sites for hydroxylation is 1. The quantitative estimate of drug-likeness (QED) is 0.291. The van der Waals surface area contributed by atoms with Gasteiger partial charge in [-0.05, 0) is 18.4 Å². The highest BCUT2D eigenvalue weighted by atomic mass is 16.3. The molecule has 0 aliphatic rings. The Morgan fingerprint density at radius 2 is 2.50 bits per heavy atom. The van der Waals surface area contributed by atoms with Crippen LogP contribution in [-0.2, 0) is 6.42 Å². The number of azide groups is 1. The minimum absolute atomic E-state index is 0.553. The van der Waals surface area contributed by atoms with E-state index in [1.165, 1.54) is 0 Å². The lowest BCUT2D eigenvalue weighted by atomic mass is 10.2. The molecule has 1 rings (SSSR count). The molecular weight excluding hydrogens is 156 g/mol. The van der Waals surface area contributed by atoms with Crippen LogP contribution in [0.15, 0.2) is 22.0 Å². The molecule has 0 amide bonds. The van der Waals surface area contributed by atoms with E-state index in [0.29, 0.717) is 6.54 Å². The lowest BCUT2D eigenvalue weighted by Crippen LogP contribution is -1.86. The molecule has 1 aromatic heterocycles. The highest BCUT2D eigenvalue weighted by Gasteiger charge is 1.95. The highest BCUT2D eigenvalue weighted by molar-refractivity contribution is 4.79. The fourth-order valence-corrected chi connectivity index (χ4v) is 0.880. The summed E-state index contributed by atoms with van der Waals surface area (Å²) in [5.41, 5.74) is 7.98. The summed E-state index contributed by atoms with van der Waals surface area (Å²) in [7, 11) is 0. The molecule has 0 atom stereocenters. The summed E-state index contributed by atoms with van der Waals surface area (Å²) in [5.74, 6) is 0.746. The normalized spacial score (nSPS) is 9.33. The monoisotopic (exact) mass is 166 g/mol. The van der Waals surface area contributed by atoms with Gasteiger partial charge in [-0.25, -0.2) is 4.98 Å². The molecule has 0 radical (unpaired) electrons. The number of oxazole rings is 1. The maximum Gasteiger partial charge on any atom is 0.193 e. The van der Waals surface area contributed by atoms with Crippen LogP contribution in [0.5, 0.6) is 0 Å². The molecule has 12 heavy (non-hydrogen) atoms. The van der Waals surface area contributed by atoms with Crippen molar-refractivity contribution in [1.29, 1.82) is 0 Å². The van der Waals surface area contributed by atoms with Crippen LogP contribution in [0, 0.1) is 0 Å². The van der Waals surface area contributed by atoms with Gasteiger partial charge in [0.25, 0.3) is 0 Å². The Morgan fingerprint density at radius 1 is 1.58 bits per heavy atom. The minimum Gasteiger partial charge on any atom is -0.449 e. The third-order valence-electron chi connectivity index (χ3n) is 1.45. The molecule has 0 aromatic carbocycles. The van der Waals surface area contributed by atoms with Gasteiger partial charge >= 0.3 is 0 Å². The van der Waals surface area contributed by atoms with Crippen LogP contribution in [0.3, 0.4) is 0 Å². The second kappa shape index (κ2) is 5.21. The van der Waals surface area contributed by atoms with Crippen LogP contribution in [0.2, 0.25) is 0 Å². The van der Waals surface area contributed by atoms with Crippen molar-refractivity contribution >= 4 is 0 Å². The van der Waals surface area contributed by atoms with Gasteiger partial charge in [-0.15, -0.1) is 0 Å². The average Bonchev–Trinajstić information content (AvgIpc) is 2.57. The summed E-state index contributed by atoms with van der Waals surface area (Å²) in [6.07, 6.45) is 5.82. The molecule has 1 aromatic rings. The van der Waals surface area contributed by atoms with E-state index in [9.17, 15) is 0 Å². The van der Waals surface area contributed by atoms with Crippen LogP contribution >= 0.6 is 0 Å². The van der Waals surface area contributed by atoms with Crippen molar-refractivity contribution in [2.24, 2.45) is 5.11 Å². The number of hydrogen-bond donors (Lipinski definition) is 0. The van der Waals surface area contributed by atoms with Gasteiger partial charge in [0.1, 0.15) is 6.26 Å². The van der Waals surface area contributed by atoms with Gasteiger partial charge in [0.2, 0.25) is 0 Å². The molecule has 0 unspecified atom stereocenters. The predicted octanol–water partition coefficient (Wildman–Crippen LogP) is 2.31. The molecule has 0 bridgehead atoms. The van der Waals surface area contributed by atoms with Gasteiger partial charge in [-0.1, -0.05) is 5.11 Å². The largest absolute Gasteiger partial charge is 0.449 e. The van der Waals surface area contributed by atoms with Crippen LogP contribution in [0.4, 0.5) is 0 Å². The van der Waals surface area contributed by atoms with Gasteiger partial charge in [0.15, 0.2) is 5.89 Å². The van der Waals surface area contributed by atoms with E-state index in [4.69, 9.17) is 9.95 Å². The Morgan fingerprint density at radius 3 is 3.17 bits per heavy atom. The first kappa shape index (κ1) is 8.62. The second-order valence-electron chi connectivity index (χ2n) is 2.34. The zero-order valence-electron chi connectivity index (χ0n) is 6.68. The van der Waals surface area contributed by atoms with E-state index in [-0.39, 0.29) is 0 Å². The first-order valence-corrected chi connectivity index (χ1v) is 3.82. The fourth-order valence-electron chi connectivity index (χ4n) is 0.880. The number of nitrogens with zero attached hydrogens (tertiary/aromatic N) is 4. The van der Waals surface area contributed by atoms with Crippen molar-refractivity contribution in [2.45, 2.75) is 19.3 Å². The Kier molecular flexibility index (Phi) is 3.74. The highest BCUT2D eigenvalue weighted by Crippen LogP contribution is 2.01. The number of hydrogen-bond acceptors (Lipinski definition) is 3. The van der Waals surface area contributed by atoms with E-state index in [2.05, 4.69) is 15.0 Å². The van der Waals surface area contributed by atoms with E-state index < -0.39 is 0 Å². The molecule has 0 aliphatic heterocycles. The predicted molar refractivity (Wildman–Crippen MR) is 43.5 cm³/mol. The fraction of sp³-hybridized carbons (Fsp3) is 0.571. The molecule has 5 nitrogen and oxygen atoms in total. The Balaban J connectivity index is 2.07. The zero-order valence-corrected chi connectivity index (χ0v) is 6.68. The van der Waals surface area contributed by atoms with Crippen molar-refractivity contribution in [1.82, 2.24) is 4.98 Å². The molecule has 1 heterocycles. The smallest absolute Gasteiger partial charge is 0.193 e. The lowest BCUT2D eigenvalue weighted by molar-refractivity contribution is 0.484. The molecular formula is C7H10N4O. The van der Waals surface area contributed by atoms with Gasteiger partial charge in [0.05, 0.1) is 6.20 Å². The van der Waals surface area contributed by atoms with Crippen molar-refractivity contribution < 1.29 is 4.42 Å². The third kappa shape index (κ3) is 3.07. The SMILES string of the molecule is [N-]=[N+]=NCCCCc1ncco1. The van der Waals surface area contributed by atoms with Crippen LogP contribution in [0.1, 0.15) is 18.7 Å². The molecule has 0 N–H and O–H groups in total. The Labute approximate surface area is 70.0 Å². The first-order chi connectivity index (χ1) is 5.93. The van der Waals surface area contributed by atoms with Crippen molar-refractivity contribution in [3.8, 4) is 0 Å². The van der Waals surface area contributed by atoms with Gasteiger partial charge in [-0.2, -0.15) is 0 Å². The van der Waals surface area contributed by atoms with Crippen LogP contribution in [-0.4, -0.2) is 11.5 Å². The van der Waals surface area contributed by atoms with Gasteiger partial charge in [0, 0.05) is 17.9 Å². The van der Waals surface area contributed by atoms with Crippen molar-refractivity contribution in [3.05, 3.63) is 28.8 Å². The molecule has 0 saturated heterocycles. The molecule has 0 aliphatic carbocycles. The standard InChI is InChI=1S/C7H10N4O/c8-11-10-4-2-1-3-7-9-5-6-12-7/h5-6H,1-4H2. The van der Waals surface area contributed by atoms with E-state index >= 15 is 0 Å². The summed E-state index contributed by atoms with van der Waals surface area (Å²) < 4.78 is 5.03. The summed E-state index contributed by atoms with van der Waals surface area (Å²) in [6, 6.07) is 0. The summed E-state index contributed by atoms with van der Waals surface area (Å²) >= 11 is 0. The van der Waals surface area contributed by atoms with Crippen molar-refractivity contribution in [3.63, 3.8) is 0 Å². The topological polar surface area (TPSA) is 74.8 Å². The number of unbranched alkanes of at least 4 members (excludes halogenated alkanes) is 1. The van der Waals surface area contributed by atoms with Gasteiger partial charge in [-0.3, -0.25) is 0 Å². The van der Waals surface area contributed by atoms with E-state index in [0.717, 1.165) is 25.2 Å². The molecule has 64 valence electrons. The maximum atomic E-state index is 7.98. The summed E-state index contributed by atoms with van der Waals surface area (Å²) in [4.78, 5) is 6.62. The van der Waals surface area contributed by atoms with E-state index in [1.807, 2.05) is 0 Å². The number of rotatable bonds is 5. The van der Waals surface area contributed by atoms with Crippen molar-refractivity contribution in [2.75, 3.05) is 6.54 Å². The lowest BCUT2D eigenvalue weighted by Gasteiger charge is -1.92. The Bertz CT molecular complexity index is 250. The van der Waals surface area contributed by atoms with Crippen LogP contribution in [0.25, 0.3) is 10.4 Å². The summed E-state index contributed by atoms with van der Waals surface area (Å²) in [6.45, 7) is 0.553. The molecule has 0 fully saturated rings. The maximum absolute atomic E-state index is 7.98. The first-order valence-electron chi connectivity index (χ1n) is 3.82. The number of aromatic nitrogens is 1. The molecule has 5 heteroatoms. The van der Waals surface area contributed by atoms with E-state index in [1.54, 1.807) is 12.5 Å². The van der Waals surface area contributed by atoms with Crippen LogP contribution < -0.4 is 0 Å². The third-order valence-corrected chi connectivity index (χ3v) is 1.45. The van der Waals surface area contributed by atoms with Gasteiger partial charge < -0.3 is 4.42 Å². The molecule has 0 spiro atoms. The Hall–Kier alpha value is -1.48. The zero-order chi connectivity index (χ0) is 8.65. The minimum atomic E-state index is 0.553. The second-order valence-corrected chi connectivity index (χ2v) is 2.34. The molecule has 0 saturated carbocycles. The summed E-state index contributed by atoms with van der Waals surface area (Å²) in [5, 5.41) is 3.42.